The third-order valence-electron chi connectivity index (χ3n) is 4.64. The van der Waals surface area contributed by atoms with E-state index in [1.807, 2.05) is 29.6 Å². The molecule has 152 valence electrons. The molecule has 0 aliphatic rings. The van der Waals surface area contributed by atoms with E-state index in [2.05, 4.69) is 35.9 Å². The Balaban J connectivity index is 1.44. The Morgan fingerprint density at radius 1 is 0.900 bits per heavy atom. The second-order valence-corrected chi connectivity index (χ2v) is 9.50. The summed E-state index contributed by atoms with van der Waals surface area (Å²) < 4.78 is 40.2. The van der Waals surface area contributed by atoms with E-state index >= 15 is 0 Å². The Morgan fingerprint density at radius 3 is 2.20 bits per heavy atom. The number of nitrogens with zero attached hydrogens (tertiary/aromatic N) is 1. The van der Waals surface area contributed by atoms with Crippen LogP contribution in [0.15, 0.2) is 83.1 Å². The fourth-order valence-electron chi connectivity index (χ4n) is 2.90. The third kappa shape index (κ3) is 4.64. The highest BCUT2D eigenvalue weighted by molar-refractivity contribution is 7.89. The van der Waals surface area contributed by atoms with Crippen molar-refractivity contribution in [1.82, 2.24) is 9.71 Å². The van der Waals surface area contributed by atoms with Gasteiger partial charge in [-0.15, -0.1) is 11.3 Å². The topological polar surface area (TPSA) is 59.1 Å². The Bertz CT molecular complexity index is 1250. The molecule has 0 amide bonds. The molecule has 7 heteroatoms. The molecule has 3 aromatic carbocycles. The molecule has 0 aliphatic heterocycles. The standard InChI is InChI=1S/C23H19FN2O2S2/c1-16-2-6-18(7-3-16)22-15-29-23(26-22)19-8-4-17(5-9-19)14-25-30(27,28)21-12-10-20(24)11-13-21/h2-13,15,25H,14H2,1H3. The summed E-state index contributed by atoms with van der Waals surface area (Å²) in [7, 11) is -3.69. The van der Waals surface area contributed by atoms with Crippen LogP contribution in [-0.2, 0) is 16.6 Å². The van der Waals surface area contributed by atoms with E-state index in [0.717, 1.165) is 39.5 Å². The number of thiazole rings is 1. The van der Waals surface area contributed by atoms with E-state index in [1.165, 1.54) is 17.7 Å². The van der Waals surface area contributed by atoms with E-state index in [0.29, 0.717) is 0 Å². The lowest BCUT2D eigenvalue weighted by molar-refractivity contribution is 0.580. The molecule has 0 aliphatic carbocycles. The normalized spacial score (nSPS) is 11.5. The predicted molar refractivity (Wildman–Crippen MR) is 118 cm³/mol. The zero-order valence-electron chi connectivity index (χ0n) is 16.2. The van der Waals surface area contributed by atoms with Gasteiger partial charge in [0.1, 0.15) is 10.8 Å². The van der Waals surface area contributed by atoms with Crippen molar-refractivity contribution in [2.75, 3.05) is 0 Å². The minimum atomic E-state index is -3.69. The van der Waals surface area contributed by atoms with Crippen LogP contribution in [0.1, 0.15) is 11.1 Å². The van der Waals surface area contributed by atoms with Crippen LogP contribution >= 0.6 is 11.3 Å². The van der Waals surface area contributed by atoms with Gasteiger partial charge in [0, 0.05) is 23.1 Å². The van der Waals surface area contributed by atoms with Gasteiger partial charge in [-0.05, 0) is 36.8 Å². The summed E-state index contributed by atoms with van der Waals surface area (Å²) >= 11 is 1.57. The van der Waals surface area contributed by atoms with Crippen molar-refractivity contribution >= 4 is 21.4 Å². The maximum absolute atomic E-state index is 13.0. The smallest absolute Gasteiger partial charge is 0.236 e. The van der Waals surface area contributed by atoms with E-state index in [-0.39, 0.29) is 11.4 Å². The molecule has 4 rings (SSSR count). The first-order chi connectivity index (χ1) is 14.4. The first-order valence-corrected chi connectivity index (χ1v) is 11.6. The first kappa shape index (κ1) is 20.4. The van der Waals surface area contributed by atoms with Gasteiger partial charge < -0.3 is 0 Å². The van der Waals surface area contributed by atoms with Gasteiger partial charge in [-0.2, -0.15) is 0 Å². The van der Waals surface area contributed by atoms with Crippen LogP contribution in [0.5, 0.6) is 0 Å². The maximum atomic E-state index is 13.0. The number of nitrogens with one attached hydrogen (secondary N) is 1. The highest BCUT2D eigenvalue weighted by Gasteiger charge is 2.14. The van der Waals surface area contributed by atoms with Crippen LogP contribution in [0.2, 0.25) is 0 Å². The molecule has 30 heavy (non-hydrogen) atoms. The van der Waals surface area contributed by atoms with Gasteiger partial charge in [-0.25, -0.2) is 22.5 Å². The lowest BCUT2D eigenvalue weighted by Crippen LogP contribution is -2.23. The number of rotatable bonds is 6. The molecule has 1 aromatic heterocycles. The van der Waals surface area contributed by atoms with Gasteiger partial charge in [0.15, 0.2) is 0 Å². The van der Waals surface area contributed by atoms with Crippen LogP contribution in [-0.4, -0.2) is 13.4 Å². The number of benzene rings is 3. The average molecular weight is 439 g/mol. The largest absolute Gasteiger partial charge is 0.240 e. The molecule has 0 saturated heterocycles. The van der Waals surface area contributed by atoms with Gasteiger partial charge in [0.25, 0.3) is 0 Å². The number of hydrogen-bond donors (Lipinski definition) is 1. The predicted octanol–water partition coefficient (Wildman–Crippen LogP) is 5.40. The molecule has 4 aromatic rings. The van der Waals surface area contributed by atoms with Gasteiger partial charge in [-0.1, -0.05) is 54.1 Å². The molecule has 4 nitrogen and oxygen atoms in total. The minimum Gasteiger partial charge on any atom is -0.236 e. The van der Waals surface area contributed by atoms with Gasteiger partial charge >= 0.3 is 0 Å². The lowest BCUT2D eigenvalue weighted by Gasteiger charge is -2.07. The van der Waals surface area contributed by atoms with Crippen LogP contribution in [0.4, 0.5) is 4.39 Å². The second-order valence-electron chi connectivity index (χ2n) is 6.88. The van der Waals surface area contributed by atoms with Gasteiger partial charge in [0.2, 0.25) is 10.0 Å². The van der Waals surface area contributed by atoms with Crippen LogP contribution < -0.4 is 4.72 Å². The summed E-state index contributed by atoms with van der Waals surface area (Å²) in [5, 5.41) is 2.94. The third-order valence-corrected chi connectivity index (χ3v) is 6.95. The molecular formula is C23H19FN2O2S2. The lowest BCUT2D eigenvalue weighted by atomic mass is 10.1. The van der Waals surface area contributed by atoms with Crippen LogP contribution in [0.25, 0.3) is 21.8 Å². The van der Waals surface area contributed by atoms with Crippen molar-refractivity contribution in [3.63, 3.8) is 0 Å². The number of sulfonamides is 1. The quantitative estimate of drug-likeness (QED) is 0.438. The number of hydrogen-bond acceptors (Lipinski definition) is 4. The van der Waals surface area contributed by atoms with Gasteiger partial charge in [0.05, 0.1) is 10.6 Å². The fraction of sp³-hybridized carbons (Fsp3) is 0.0870. The molecule has 0 bridgehead atoms. The highest BCUT2D eigenvalue weighted by Crippen LogP contribution is 2.29. The summed E-state index contributed by atoms with van der Waals surface area (Å²) in [5.74, 6) is -0.475. The van der Waals surface area contributed by atoms with E-state index in [4.69, 9.17) is 4.98 Å². The molecule has 0 fully saturated rings. The zero-order chi connectivity index (χ0) is 21.1. The molecule has 0 saturated carbocycles. The van der Waals surface area contributed by atoms with Gasteiger partial charge in [-0.3, -0.25) is 0 Å². The molecule has 0 radical (unpaired) electrons. The molecule has 0 spiro atoms. The monoisotopic (exact) mass is 438 g/mol. The summed E-state index contributed by atoms with van der Waals surface area (Å²) in [6, 6.07) is 20.6. The van der Waals surface area contributed by atoms with E-state index in [1.54, 1.807) is 11.3 Å². The first-order valence-electron chi connectivity index (χ1n) is 9.28. The molecule has 0 atom stereocenters. The fourth-order valence-corrected chi connectivity index (χ4v) is 4.76. The summed E-state index contributed by atoms with van der Waals surface area (Å²) in [6.45, 7) is 2.20. The summed E-state index contributed by atoms with van der Waals surface area (Å²) in [4.78, 5) is 4.75. The second kappa shape index (κ2) is 8.47. The average Bonchev–Trinajstić information content (AvgIpc) is 3.24. The SMILES string of the molecule is Cc1ccc(-c2csc(-c3ccc(CNS(=O)(=O)c4ccc(F)cc4)cc3)n2)cc1. The number of halogens is 1. The summed E-state index contributed by atoms with van der Waals surface area (Å²) in [6.07, 6.45) is 0. The number of aryl methyl sites for hydroxylation is 1. The van der Waals surface area contributed by atoms with Crippen molar-refractivity contribution in [1.29, 1.82) is 0 Å². The molecule has 1 heterocycles. The summed E-state index contributed by atoms with van der Waals surface area (Å²) in [5.41, 5.74) is 5.02. The Labute approximate surface area is 179 Å². The Morgan fingerprint density at radius 2 is 1.53 bits per heavy atom. The minimum absolute atomic E-state index is 0.0342. The van der Waals surface area contributed by atoms with E-state index < -0.39 is 15.8 Å². The molecule has 1 N–H and O–H groups in total. The van der Waals surface area contributed by atoms with Crippen molar-refractivity contribution in [2.24, 2.45) is 0 Å². The van der Waals surface area contributed by atoms with Crippen molar-refractivity contribution in [3.05, 3.63) is 95.1 Å². The Kier molecular flexibility index (Phi) is 5.76. The van der Waals surface area contributed by atoms with Crippen molar-refractivity contribution < 1.29 is 12.8 Å². The highest BCUT2D eigenvalue weighted by atomic mass is 32.2. The molecule has 0 unspecified atom stereocenters. The van der Waals surface area contributed by atoms with E-state index in [9.17, 15) is 12.8 Å². The van der Waals surface area contributed by atoms with Crippen LogP contribution in [0.3, 0.4) is 0 Å². The Hall–Kier alpha value is -2.87. The number of aromatic nitrogens is 1. The van der Waals surface area contributed by atoms with Crippen LogP contribution in [0, 0.1) is 12.7 Å². The zero-order valence-corrected chi connectivity index (χ0v) is 17.8. The van der Waals surface area contributed by atoms with Crippen molar-refractivity contribution in [2.45, 2.75) is 18.4 Å². The van der Waals surface area contributed by atoms with Crippen molar-refractivity contribution in [3.8, 4) is 21.8 Å². The maximum Gasteiger partial charge on any atom is 0.240 e. The molecular weight excluding hydrogens is 419 g/mol.